The summed E-state index contributed by atoms with van der Waals surface area (Å²) in [5.74, 6) is -1.44. The highest BCUT2D eigenvalue weighted by Gasteiger charge is 2.53. The molecule has 2 heterocycles. The fourth-order valence-corrected chi connectivity index (χ4v) is 5.88. The Morgan fingerprint density at radius 1 is 1.03 bits per heavy atom. The smallest absolute Gasteiger partial charge is 0.154 e. The van der Waals surface area contributed by atoms with Crippen LogP contribution < -0.4 is 0 Å². The maximum Gasteiger partial charge on any atom is 0.154 e. The number of nitriles is 2. The Hall–Kier alpha value is -2.84. The zero-order valence-corrected chi connectivity index (χ0v) is 17.6. The van der Waals surface area contributed by atoms with Crippen LogP contribution in [0.4, 0.5) is 0 Å². The maximum absolute atomic E-state index is 12.3. The summed E-state index contributed by atoms with van der Waals surface area (Å²) in [5.41, 5.74) is -0.224. The van der Waals surface area contributed by atoms with Gasteiger partial charge in [-0.3, -0.25) is 4.79 Å². The van der Waals surface area contributed by atoms with Crippen LogP contribution in [-0.4, -0.2) is 21.1 Å². The molecule has 29 heavy (non-hydrogen) atoms. The Morgan fingerprint density at radius 3 is 2.14 bits per heavy atom. The predicted octanol–water partition coefficient (Wildman–Crippen LogP) is 5.17. The first kappa shape index (κ1) is 19.5. The van der Waals surface area contributed by atoms with Gasteiger partial charge in [0.1, 0.15) is 27.1 Å². The van der Waals surface area contributed by atoms with Gasteiger partial charge in [0.25, 0.3) is 0 Å². The number of alkyl halides is 1. The number of hydrogen-bond donors (Lipinski definition) is 0. The standard InChI is InChI=1S/C21H13ClN4OS2/c1-12(27)18(22)21(11-24,20-26-15-7-3-5-9-17(15)29-20)13(10-23)19-25-14-6-2-4-8-16(14)28-19/h2-9,13,18H,1H3/t13-,18+,21+/m0/s1. The van der Waals surface area contributed by atoms with Crippen molar-refractivity contribution in [2.45, 2.75) is 23.6 Å². The van der Waals surface area contributed by atoms with Crippen molar-refractivity contribution in [3.63, 3.8) is 0 Å². The van der Waals surface area contributed by atoms with E-state index in [9.17, 15) is 15.3 Å². The monoisotopic (exact) mass is 436 g/mol. The van der Waals surface area contributed by atoms with Crippen LogP contribution in [-0.2, 0) is 10.2 Å². The molecule has 0 saturated carbocycles. The summed E-state index contributed by atoms with van der Waals surface area (Å²) in [6, 6.07) is 19.3. The van der Waals surface area contributed by atoms with Gasteiger partial charge >= 0.3 is 0 Å². The molecule has 0 radical (unpaired) electrons. The Bertz CT molecular complexity index is 1250. The number of para-hydroxylation sites is 2. The van der Waals surface area contributed by atoms with E-state index >= 15 is 0 Å². The number of benzene rings is 2. The Labute approximate surface area is 179 Å². The Morgan fingerprint density at radius 2 is 1.62 bits per heavy atom. The van der Waals surface area contributed by atoms with Crippen LogP contribution in [0.25, 0.3) is 20.4 Å². The molecule has 0 bridgehead atoms. The average molecular weight is 437 g/mol. The van der Waals surface area contributed by atoms with Crippen LogP contribution in [0.5, 0.6) is 0 Å². The van der Waals surface area contributed by atoms with Crippen molar-refractivity contribution in [1.29, 1.82) is 10.5 Å². The van der Waals surface area contributed by atoms with Crippen molar-refractivity contribution in [3.05, 3.63) is 58.5 Å². The molecule has 0 aliphatic carbocycles. The van der Waals surface area contributed by atoms with Gasteiger partial charge in [-0.1, -0.05) is 24.3 Å². The molecule has 0 N–H and O–H groups in total. The number of carbonyl (C=O) groups is 1. The molecule has 142 valence electrons. The third-order valence-corrected chi connectivity index (χ3v) is 7.67. The highest BCUT2D eigenvalue weighted by atomic mass is 35.5. The fraction of sp³-hybridized carbons (Fsp3) is 0.190. The molecule has 5 nitrogen and oxygen atoms in total. The molecule has 0 fully saturated rings. The van der Waals surface area contributed by atoms with E-state index < -0.39 is 22.5 Å². The summed E-state index contributed by atoms with van der Waals surface area (Å²) in [4.78, 5) is 21.5. The minimum atomic E-state index is -1.65. The summed E-state index contributed by atoms with van der Waals surface area (Å²) in [6.45, 7) is 1.32. The van der Waals surface area contributed by atoms with E-state index in [2.05, 4.69) is 22.1 Å². The van der Waals surface area contributed by atoms with Crippen LogP contribution in [0.15, 0.2) is 48.5 Å². The number of aromatic nitrogens is 2. The highest BCUT2D eigenvalue weighted by molar-refractivity contribution is 7.19. The number of nitrogens with zero attached hydrogens (tertiary/aromatic N) is 4. The normalized spacial score (nSPS) is 15.3. The van der Waals surface area contributed by atoms with Gasteiger partial charge in [-0.15, -0.1) is 34.3 Å². The predicted molar refractivity (Wildman–Crippen MR) is 115 cm³/mol. The van der Waals surface area contributed by atoms with Crippen LogP contribution >= 0.6 is 34.3 Å². The van der Waals surface area contributed by atoms with Gasteiger partial charge in [-0.25, -0.2) is 9.97 Å². The summed E-state index contributed by atoms with van der Waals surface area (Å²) < 4.78 is 1.75. The lowest BCUT2D eigenvalue weighted by atomic mass is 9.73. The number of fused-ring (bicyclic) bond motifs is 2. The average Bonchev–Trinajstić information content (AvgIpc) is 3.35. The van der Waals surface area contributed by atoms with Gasteiger partial charge in [0, 0.05) is 0 Å². The molecule has 3 atom stereocenters. The summed E-state index contributed by atoms with van der Waals surface area (Å²) in [5, 5.41) is 20.0. The number of ketones is 1. The first-order chi connectivity index (χ1) is 14.0. The second-order valence-electron chi connectivity index (χ2n) is 6.52. The molecule has 0 aliphatic rings. The van der Waals surface area contributed by atoms with Crippen LogP contribution in [0.3, 0.4) is 0 Å². The van der Waals surface area contributed by atoms with Crippen LogP contribution in [0.2, 0.25) is 0 Å². The highest BCUT2D eigenvalue weighted by Crippen LogP contribution is 2.47. The minimum absolute atomic E-state index is 0.349. The summed E-state index contributed by atoms with van der Waals surface area (Å²) in [6.07, 6.45) is 0. The zero-order valence-electron chi connectivity index (χ0n) is 15.2. The van der Waals surface area contributed by atoms with Gasteiger partial charge < -0.3 is 0 Å². The topological polar surface area (TPSA) is 90.4 Å². The number of rotatable bonds is 5. The van der Waals surface area contributed by atoms with Crippen molar-refractivity contribution < 1.29 is 4.79 Å². The molecule has 0 amide bonds. The van der Waals surface area contributed by atoms with Gasteiger partial charge in [0.2, 0.25) is 0 Å². The summed E-state index contributed by atoms with van der Waals surface area (Å²) >= 11 is 9.14. The van der Waals surface area contributed by atoms with Crippen molar-refractivity contribution in [2.24, 2.45) is 0 Å². The van der Waals surface area contributed by atoms with E-state index in [4.69, 9.17) is 11.6 Å². The molecule has 2 aromatic heterocycles. The van der Waals surface area contributed by atoms with Gasteiger partial charge in [-0.2, -0.15) is 10.5 Å². The molecule has 8 heteroatoms. The Balaban J connectivity index is 1.99. The number of carbonyl (C=O) groups excluding carboxylic acids is 1. The zero-order chi connectivity index (χ0) is 20.6. The number of thiazole rings is 2. The number of halogens is 1. The lowest BCUT2D eigenvalue weighted by molar-refractivity contribution is -0.117. The molecular formula is C21H13ClN4OS2. The molecular weight excluding hydrogens is 424 g/mol. The first-order valence-corrected chi connectivity index (χ1v) is 10.7. The molecule has 0 saturated heterocycles. The van der Waals surface area contributed by atoms with Crippen molar-refractivity contribution in [3.8, 4) is 12.1 Å². The third-order valence-electron chi connectivity index (χ3n) is 4.73. The van der Waals surface area contributed by atoms with E-state index in [1.165, 1.54) is 29.6 Å². The van der Waals surface area contributed by atoms with Crippen molar-refractivity contribution in [2.75, 3.05) is 0 Å². The van der Waals surface area contributed by atoms with Gasteiger partial charge in [0.05, 0.1) is 32.6 Å². The lowest BCUT2D eigenvalue weighted by Gasteiger charge is -2.30. The number of Topliss-reactive ketones (excluding diaryl/α,β-unsaturated/α-hetero) is 1. The number of hydrogen-bond acceptors (Lipinski definition) is 7. The van der Waals surface area contributed by atoms with Gasteiger partial charge in [-0.05, 0) is 31.2 Å². The molecule has 2 aromatic carbocycles. The van der Waals surface area contributed by atoms with Crippen molar-refractivity contribution >= 4 is 60.5 Å². The molecule has 4 aromatic rings. The molecule has 0 aliphatic heterocycles. The van der Waals surface area contributed by atoms with E-state index in [0.29, 0.717) is 15.5 Å². The van der Waals surface area contributed by atoms with Crippen molar-refractivity contribution in [1.82, 2.24) is 9.97 Å². The maximum atomic E-state index is 12.3. The van der Waals surface area contributed by atoms with Gasteiger partial charge in [0.15, 0.2) is 5.41 Å². The third kappa shape index (κ3) is 3.08. The van der Waals surface area contributed by atoms with Crippen LogP contribution in [0.1, 0.15) is 22.9 Å². The van der Waals surface area contributed by atoms with E-state index in [1.807, 2.05) is 48.5 Å². The summed E-state index contributed by atoms with van der Waals surface area (Å²) in [7, 11) is 0. The first-order valence-electron chi connectivity index (χ1n) is 8.68. The van der Waals surface area contributed by atoms with Crippen LogP contribution in [0, 0.1) is 22.7 Å². The van der Waals surface area contributed by atoms with E-state index in [0.717, 1.165) is 14.9 Å². The molecule has 0 spiro atoms. The lowest BCUT2D eigenvalue weighted by Crippen LogP contribution is -2.44. The second-order valence-corrected chi connectivity index (χ2v) is 9.05. The van der Waals surface area contributed by atoms with E-state index in [-0.39, 0.29) is 0 Å². The second kappa shape index (κ2) is 7.53. The quantitative estimate of drug-likeness (QED) is 0.402. The Kier molecular flexibility index (Phi) is 5.06. The molecule has 4 rings (SSSR count). The largest absolute Gasteiger partial charge is 0.298 e. The SMILES string of the molecule is CC(=O)[C@@H](Cl)[C@](C#N)(c1nc2ccccc2s1)[C@@H](C#N)c1nc2ccccc2s1. The van der Waals surface area contributed by atoms with E-state index in [1.54, 1.807) is 0 Å². The minimum Gasteiger partial charge on any atom is -0.298 e. The molecule has 0 unspecified atom stereocenters. The fourth-order valence-electron chi connectivity index (χ4n) is 3.28.